The Labute approximate surface area is 331 Å². The number of phenols is 3. The van der Waals surface area contributed by atoms with Gasteiger partial charge in [0, 0.05) is 33.4 Å². The van der Waals surface area contributed by atoms with E-state index in [1.165, 1.54) is 0 Å². The quantitative estimate of drug-likeness (QED) is 0.178. The number of benzene rings is 6. The third kappa shape index (κ3) is 9.40. The van der Waals surface area contributed by atoms with Crippen molar-refractivity contribution in [1.82, 2.24) is 0 Å². The average molecular weight is 782 g/mol. The second-order valence-electron chi connectivity index (χ2n) is 16.2. The predicted molar refractivity (Wildman–Crippen MR) is 206 cm³/mol. The first-order chi connectivity index (χ1) is 25.0. The van der Waals surface area contributed by atoms with Gasteiger partial charge in [-0.15, -0.1) is 0 Å². The molecule has 6 aromatic rings. The fourth-order valence-corrected chi connectivity index (χ4v) is 6.34. The number of aromatic carboxylic acids is 3. The Morgan fingerprint density at radius 3 is 0.800 bits per heavy atom. The van der Waals surface area contributed by atoms with Crippen LogP contribution in [-0.2, 0) is 33.6 Å². The summed E-state index contributed by atoms with van der Waals surface area (Å²) in [5.74, 6) is -4.64. The number of carbonyl (C=O) groups is 3. The summed E-state index contributed by atoms with van der Waals surface area (Å²) < 4.78 is 0. The van der Waals surface area contributed by atoms with Crippen LogP contribution in [0.2, 0.25) is 0 Å². The van der Waals surface area contributed by atoms with E-state index in [4.69, 9.17) is 0 Å². The second kappa shape index (κ2) is 16.4. The van der Waals surface area contributed by atoms with E-state index in [1.807, 2.05) is 117 Å². The number of hydrogen-bond acceptors (Lipinski definition) is 9. The summed E-state index contributed by atoms with van der Waals surface area (Å²) >= 11 is 0. The van der Waals surface area contributed by atoms with Gasteiger partial charge in [0.1, 0.15) is 17.2 Å². The first kappa shape index (κ1) is 43.8. The van der Waals surface area contributed by atoms with Gasteiger partial charge in [-0.3, -0.25) is 0 Å². The summed E-state index contributed by atoms with van der Waals surface area (Å²) in [7, 11) is 0. The van der Waals surface area contributed by atoms with E-state index >= 15 is 0 Å². The summed E-state index contributed by atoms with van der Waals surface area (Å²) in [5.41, 5.74) is 0.449. The SMILES string of the molecule is CC(C)(C)c1cc2ccccc2c(C(=O)[O-])c1O.CC(C)(C)c1cc2ccccc2c(C(=O)[O-])c1O.CC(C)(C)c1cc2ccccc2c(C(=O)[O-])c1O.[Cr+3]. The van der Waals surface area contributed by atoms with Crippen molar-refractivity contribution in [1.29, 1.82) is 0 Å². The molecule has 0 aliphatic carbocycles. The van der Waals surface area contributed by atoms with Gasteiger partial charge in [-0.05, 0) is 66.8 Å². The van der Waals surface area contributed by atoms with Gasteiger partial charge in [-0.1, -0.05) is 135 Å². The zero-order valence-electron chi connectivity index (χ0n) is 32.4. The predicted octanol–water partition coefficient (Wildman–Crippen LogP) is 6.62. The van der Waals surface area contributed by atoms with Gasteiger partial charge in [0.15, 0.2) is 0 Å². The second-order valence-corrected chi connectivity index (χ2v) is 16.2. The Hall–Kier alpha value is -5.56. The largest absolute Gasteiger partial charge is 3.00 e. The molecule has 0 aliphatic rings. The maximum absolute atomic E-state index is 11.2. The van der Waals surface area contributed by atoms with Crippen LogP contribution in [-0.4, -0.2) is 33.2 Å². The van der Waals surface area contributed by atoms with Crippen LogP contribution in [0, 0.1) is 0 Å². The van der Waals surface area contributed by atoms with Crippen LogP contribution < -0.4 is 15.3 Å². The van der Waals surface area contributed by atoms with E-state index < -0.39 is 17.9 Å². The number of fused-ring (bicyclic) bond motifs is 3. The van der Waals surface area contributed by atoms with Crippen LogP contribution in [0.4, 0.5) is 0 Å². The molecule has 6 aromatic carbocycles. The van der Waals surface area contributed by atoms with Crippen molar-refractivity contribution in [3.05, 3.63) is 124 Å². The molecule has 0 unspecified atom stereocenters. The number of hydrogen-bond donors (Lipinski definition) is 3. The summed E-state index contributed by atoms with van der Waals surface area (Å²) in [6.45, 7) is 17.3. The molecule has 0 spiro atoms. The van der Waals surface area contributed by atoms with E-state index in [-0.39, 0.29) is 67.5 Å². The standard InChI is InChI=1S/3C15H16O3.Cr/c3*1-15(2,3)11-8-9-6-4-5-7-10(9)12(13(11)16)14(17)18;/h3*4-8,16H,1-3H3,(H,17,18);/q;;;+3/p-3. The molecular formula is C45H45CrO9. The number of carbonyl (C=O) groups excluding carboxylic acids is 3. The third-order valence-electron chi connectivity index (χ3n) is 9.10. The van der Waals surface area contributed by atoms with Crippen molar-refractivity contribution in [2.75, 3.05) is 0 Å². The third-order valence-corrected chi connectivity index (χ3v) is 9.10. The topological polar surface area (TPSA) is 181 Å². The summed E-state index contributed by atoms with van der Waals surface area (Å²) in [5, 5.41) is 68.1. The van der Waals surface area contributed by atoms with Gasteiger partial charge < -0.3 is 45.0 Å². The molecule has 0 aromatic heterocycles. The number of rotatable bonds is 3. The van der Waals surface area contributed by atoms with E-state index in [1.54, 1.807) is 36.4 Å². The molecule has 285 valence electrons. The van der Waals surface area contributed by atoms with Crippen LogP contribution in [0.5, 0.6) is 17.2 Å². The Morgan fingerprint density at radius 2 is 0.618 bits per heavy atom. The smallest absolute Gasteiger partial charge is 0.545 e. The summed E-state index contributed by atoms with van der Waals surface area (Å²) in [6, 6.07) is 26.7. The van der Waals surface area contributed by atoms with E-state index in [0.717, 1.165) is 16.2 Å². The Balaban J connectivity index is 0.000000220. The van der Waals surface area contributed by atoms with Gasteiger partial charge >= 0.3 is 17.4 Å². The van der Waals surface area contributed by atoms with Crippen LogP contribution in [0.25, 0.3) is 32.3 Å². The van der Waals surface area contributed by atoms with Gasteiger partial charge in [0.25, 0.3) is 0 Å². The van der Waals surface area contributed by atoms with Crippen LogP contribution in [0.1, 0.15) is 110 Å². The molecule has 10 heteroatoms. The molecule has 9 nitrogen and oxygen atoms in total. The van der Waals surface area contributed by atoms with Gasteiger partial charge in [-0.2, -0.15) is 0 Å². The Morgan fingerprint density at radius 1 is 0.418 bits per heavy atom. The molecule has 0 heterocycles. The van der Waals surface area contributed by atoms with E-state index in [2.05, 4.69) is 0 Å². The fraction of sp³-hybridized carbons (Fsp3) is 0.267. The van der Waals surface area contributed by atoms with Crippen molar-refractivity contribution in [3.63, 3.8) is 0 Å². The zero-order chi connectivity index (χ0) is 40.5. The van der Waals surface area contributed by atoms with Crippen molar-refractivity contribution in [2.24, 2.45) is 0 Å². The van der Waals surface area contributed by atoms with Crippen molar-refractivity contribution in [3.8, 4) is 17.2 Å². The molecule has 1 radical (unpaired) electrons. The fourth-order valence-electron chi connectivity index (χ4n) is 6.34. The number of carboxylic acid groups (broad SMARTS) is 3. The normalized spacial score (nSPS) is 11.5. The molecule has 0 aliphatic heterocycles. The molecule has 0 saturated carbocycles. The molecule has 0 bridgehead atoms. The molecule has 0 atom stereocenters. The minimum atomic E-state index is -1.35. The van der Waals surface area contributed by atoms with Crippen molar-refractivity contribution < 1.29 is 62.4 Å². The average Bonchev–Trinajstić information content (AvgIpc) is 3.06. The Bertz CT molecular complexity index is 2140. The van der Waals surface area contributed by atoms with E-state index in [0.29, 0.717) is 32.8 Å². The van der Waals surface area contributed by atoms with Gasteiger partial charge in [0.2, 0.25) is 0 Å². The van der Waals surface area contributed by atoms with Crippen molar-refractivity contribution >= 4 is 50.2 Å². The van der Waals surface area contributed by atoms with Crippen LogP contribution in [0.15, 0.2) is 91.0 Å². The maximum atomic E-state index is 11.2. The Kier molecular flexibility index (Phi) is 13.1. The van der Waals surface area contributed by atoms with Crippen LogP contribution >= 0.6 is 0 Å². The minimum absolute atomic E-state index is 0. The zero-order valence-corrected chi connectivity index (χ0v) is 33.6. The molecule has 0 saturated heterocycles. The molecule has 0 fully saturated rings. The molecule has 6 rings (SSSR count). The molecule has 55 heavy (non-hydrogen) atoms. The monoisotopic (exact) mass is 781 g/mol. The minimum Gasteiger partial charge on any atom is -0.545 e. The van der Waals surface area contributed by atoms with Crippen LogP contribution in [0.3, 0.4) is 0 Å². The summed E-state index contributed by atoms with van der Waals surface area (Å²) in [4.78, 5) is 33.7. The first-order valence-corrected chi connectivity index (χ1v) is 17.4. The number of aromatic hydroxyl groups is 3. The van der Waals surface area contributed by atoms with Gasteiger partial charge in [-0.25, -0.2) is 0 Å². The molecule has 3 N–H and O–H groups in total. The maximum Gasteiger partial charge on any atom is 3.00 e. The molecule has 0 amide bonds. The first-order valence-electron chi connectivity index (χ1n) is 17.4. The van der Waals surface area contributed by atoms with Crippen molar-refractivity contribution in [2.45, 2.75) is 78.6 Å². The number of carboxylic acids is 3. The molecular weight excluding hydrogens is 736 g/mol. The van der Waals surface area contributed by atoms with Gasteiger partial charge in [0.05, 0.1) is 17.9 Å². The summed E-state index contributed by atoms with van der Waals surface area (Å²) in [6.07, 6.45) is 0. The van der Waals surface area contributed by atoms with E-state index in [9.17, 15) is 45.0 Å².